The highest BCUT2D eigenvalue weighted by molar-refractivity contribution is 5.94. The molecule has 2 bridgehead atoms. The molecule has 5 rings (SSSR count). The van der Waals surface area contributed by atoms with Crippen molar-refractivity contribution in [3.8, 4) is 0 Å². The second kappa shape index (κ2) is 6.04. The number of pyridine rings is 1. The largest absolute Gasteiger partial charge is 0.416 e. The first-order valence-corrected chi connectivity index (χ1v) is 9.39. The van der Waals surface area contributed by atoms with Gasteiger partial charge in [-0.2, -0.15) is 13.2 Å². The van der Waals surface area contributed by atoms with Crippen LogP contribution in [-0.2, 0) is 15.7 Å². The average molecular weight is 388 g/mol. The molecule has 3 aliphatic rings. The van der Waals surface area contributed by atoms with E-state index in [0.29, 0.717) is 11.8 Å². The number of benzene rings is 1. The second-order valence-electron chi connectivity index (χ2n) is 7.98. The van der Waals surface area contributed by atoms with E-state index >= 15 is 0 Å². The van der Waals surface area contributed by atoms with Crippen molar-refractivity contribution in [1.82, 2.24) is 4.98 Å². The lowest BCUT2D eigenvalue weighted by Crippen LogP contribution is -2.37. The van der Waals surface area contributed by atoms with Crippen LogP contribution < -0.4 is 5.32 Å². The summed E-state index contributed by atoms with van der Waals surface area (Å²) in [6, 6.07) is 8.62. The van der Waals surface area contributed by atoms with Crippen LogP contribution in [0.4, 0.5) is 18.9 Å². The summed E-state index contributed by atoms with van der Waals surface area (Å²) >= 11 is 0. The van der Waals surface area contributed by atoms with E-state index < -0.39 is 17.7 Å². The van der Waals surface area contributed by atoms with Crippen LogP contribution in [0, 0.1) is 24.7 Å². The third-order valence-electron chi connectivity index (χ3n) is 6.21. The molecule has 4 nitrogen and oxygen atoms in total. The topological polar surface area (TPSA) is 51.2 Å². The van der Waals surface area contributed by atoms with Gasteiger partial charge in [0.25, 0.3) is 0 Å². The van der Waals surface area contributed by atoms with Gasteiger partial charge in [-0.05, 0) is 61.1 Å². The molecule has 7 heteroatoms. The van der Waals surface area contributed by atoms with Crippen LogP contribution in [0.1, 0.15) is 29.2 Å². The van der Waals surface area contributed by atoms with Gasteiger partial charge in [0.05, 0.1) is 23.7 Å². The van der Waals surface area contributed by atoms with E-state index in [9.17, 15) is 18.0 Å². The van der Waals surface area contributed by atoms with Crippen molar-refractivity contribution in [2.45, 2.75) is 37.6 Å². The monoisotopic (exact) mass is 388 g/mol. The summed E-state index contributed by atoms with van der Waals surface area (Å²) in [7, 11) is 0. The van der Waals surface area contributed by atoms with Gasteiger partial charge in [-0.15, -0.1) is 0 Å². The Morgan fingerprint density at radius 1 is 1.18 bits per heavy atom. The first kappa shape index (κ1) is 17.7. The summed E-state index contributed by atoms with van der Waals surface area (Å²) in [4.78, 5) is 17.3. The SMILES string of the molecule is Cc1cc(C2C3OC(C4CC43)C2C(=O)Nc2cccc(C(F)(F)F)c2)ccn1. The van der Waals surface area contributed by atoms with Gasteiger partial charge in [-0.3, -0.25) is 9.78 Å². The predicted molar refractivity (Wildman–Crippen MR) is 95.5 cm³/mol. The number of rotatable bonds is 3. The fourth-order valence-electron chi connectivity index (χ4n) is 4.97. The maximum atomic E-state index is 13.1. The summed E-state index contributed by atoms with van der Waals surface area (Å²) in [5, 5.41) is 2.70. The smallest absolute Gasteiger partial charge is 0.373 e. The summed E-state index contributed by atoms with van der Waals surface area (Å²) < 4.78 is 45.0. The molecule has 28 heavy (non-hydrogen) atoms. The van der Waals surface area contributed by atoms with Crippen LogP contribution in [0.2, 0.25) is 0 Å². The lowest BCUT2D eigenvalue weighted by Gasteiger charge is -2.27. The Morgan fingerprint density at radius 3 is 2.71 bits per heavy atom. The van der Waals surface area contributed by atoms with Crippen LogP contribution in [0.3, 0.4) is 0 Å². The summed E-state index contributed by atoms with van der Waals surface area (Å²) in [5.41, 5.74) is 1.25. The number of nitrogens with one attached hydrogen (secondary N) is 1. The van der Waals surface area contributed by atoms with E-state index in [1.165, 1.54) is 12.1 Å². The number of carbonyl (C=O) groups is 1. The maximum Gasteiger partial charge on any atom is 0.416 e. The Labute approximate surface area is 160 Å². The van der Waals surface area contributed by atoms with Gasteiger partial charge in [0.2, 0.25) is 5.91 Å². The lowest BCUT2D eigenvalue weighted by atomic mass is 9.75. The van der Waals surface area contributed by atoms with Gasteiger partial charge in [-0.25, -0.2) is 0 Å². The highest BCUT2D eigenvalue weighted by atomic mass is 19.4. The van der Waals surface area contributed by atoms with Crippen LogP contribution in [0.15, 0.2) is 42.6 Å². The van der Waals surface area contributed by atoms with Gasteiger partial charge >= 0.3 is 6.18 Å². The third-order valence-corrected chi connectivity index (χ3v) is 6.21. The number of amides is 1. The maximum absolute atomic E-state index is 13.1. The molecule has 3 fully saturated rings. The number of halogens is 3. The van der Waals surface area contributed by atoms with Gasteiger partial charge < -0.3 is 10.1 Å². The molecule has 2 aliphatic heterocycles. The fourth-order valence-corrected chi connectivity index (χ4v) is 4.97. The van der Waals surface area contributed by atoms with E-state index in [0.717, 1.165) is 29.8 Å². The van der Waals surface area contributed by atoms with Gasteiger partial charge in [0.15, 0.2) is 0 Å². The van der Waals surface area contributed by atoms with Gasteiger partial charge in [-0.1, -0.05) is 6.07 Å². The first-order valence-electron chi connectivity index (χ1n) is 9.39. The Hall–Kier alpha value is -2.41. The number of aryl methyl sites for hydroxylation is 1. The van der Waals surface area contributed by atoms with Gasteiger partial charge in [0.1, 0.15) is 0 Å². The zero-order chi connectivity index (χ0) is 19.6. The molecule has 3 heterocycles. The molecule has 0 radical (unpaired) electrons. The molecule has 1 saturated carbocycles. The Kier molecular flexibility index (Phi) is 3.81. The average Bonchev–Trinajstić information content (AvgIpc) is 3.25. The number of aromatic nitrogens is 1. The number of fused-ring (bicyclic) bond motifs is 5. The zero-order valence-electron chi connectivity index (χ0n) is 15.1. The number of ether oxygens (including phenoxy) is 1. The normalized spacial score (nSPS) is 32.9. The second-order valence-corrected chi connectivity index (χ2v) is 7.98. The summed E-state index contributed by atoms with van der Waals surface area (Å²) in [6.07, 6.45) is -1.84. The quantitative estimate of drug-likeness (QED) is 0.859. The Morgan fingerprint density at radius 2 is 1.96 bits per heavy atom. The van der Waals surface area contributed by atoms with E-state index in [-0.39, 0.29) is 29.7 Å². The highest BCUT2D eigenvalue weighted by Gasteiger charge is 2.68. The van der Waals surface area contributed by atoms with Crippen molar-refractivity contribution in [3.63, 3.8) is 0 Å². The van der Waals surface area contributed by atoms with Crippen molar-refractivity contribution < 1.29 is 22.7 Å². The van der Waals surface area contributed by atoms with Crippen molar-refractivity contribution in [2.75, 3.05) is 5.32 Å². The van der Waals surface area contributed by atoms with Crippen LogP contribution in [-0.4, -0.2) is 23.1 Å². The molecule has 2 saturated heterocycles. The minimum absolute atomic E-state index is 0.00550. The van der Waals surface area contributed by atoms with E-state index in [1.54, 1.807) is 6.20 Å². The third kappa shape index (κ3) is 2.80. The van der Waals surface area contributed by atoms with Crippen LogP contribution in [0.5, 0.6) is 0 Å². The number of nitrogens with zero attached hydrogens (tertiary/aromatic N) is 1. The Balaban J connectivity index is 1.43. The molecule has 6 unspecified atom stereocenters. The summed E-state index contributed by atoms with van der Waals surface area (Å²) in [6.45, 7) is 1.90. The molecule has 1 aromatic heterocycles. The van der Waals surface area contributed by atoms with E-state index in [1.807, 2.05) is 19.1 Å². The van der Waals surface area contributed by atoms with E-state index in [4.69, 9.17) is 4.74 Å². The molecule has 1 N–H and O–H groups in total. The van der Waals surface area contributed by atoms with Gasteiger partial charge in [0, 0.05) is 23.5 Å². The number of hydrogen-bond donors (Lipinski definition) is 1. The minimum Gasteiger partial charge on any atom is -0.373 e. The molecule has 1 aromatic carbocycles. The molecular weight excluding hydrogens is 369 g/mol. The molecular formula is C21H19F3N2O2. The van der Waals surface area contributed by atoms with Crippen LogP contribution >= 0.6 is 0 Å². The predicted octanol–water partition coefficient (Wildman–Crippen LogP) is 4.16. The van der Waals surface area contributed by atoms with Crippen molar-refractivity contribution in [1.29, 1.82) is 0 Å². The fraction of sp³-hybridized carbons (Fsp3) is 0.429. The zero-order valence-corrected chi connectivity index (χ0v) is 15.1. The number of hydrogen-bond acceptors (Lipinski definition) is 3. The Bertz CT molecular complexity index is 945. The van der Waals surface area contributed by atoms with E-state index in [2.05, 4.69) is 10.3 Å². The van der Waals surface area contributed by atoms with Crippen molar-refractivity contribution >= 4 is 11.6 Å². The number of carbonyl (C=O) groups excluding carboxylic acids is 1. The molecule has 2 aromatic rings. The molecule has 1 amide bonds. The minimum atomic E-state index is -4.45. The molecule has 6 atom stereocenters. The van der Waals surface area contributed by atoms with Crippen molar-refractivity contribution in [2.24, 2.45) is 17.8 Å². The molecule has 0 spiro atoms. The number of alkyl halides is 3. The first-order chi connectivity index (χ1) is 13.3. The highest BCUT2D eigenvalue weighted by Crippen LogP contribution is 2.65. The lowest BCUT2D eigenvalue weighted by molar-refractivity contribution is -0.137. The molecule has 146 valence electrons. The number of anilines is 1. The van der Waals surface area contributed by atoms with Crippen molar-refractivity contribution in [3.05, 3.63) is 59.4 Å². The standard InChI is InChI=1S/C21H19F3N2O2/c1-10-7-11(5-6-25-10)16-17(19-15-9-14(15)18(16)28-19)20(27)26-13-4-2-3-12(8-13)21(22,23)24/h2-8,14-19H,9H2,1H3,(H,26,27). The van der Waals surface area contributed by atoms with Crippen LogP contribution in [0.25, 0.3) is 0 Å². The summed E-state index contributed by atoms with van der Waals surface area (Å²) in [5.74, 6) is 0.0884. The molecule has 1 aliphatic carbocycles.